The van der Waals surface area contributed by atoms with Gasteiger partial charge in [-0.2, -0.15) is 0 Å². The Hall–Kier alpha value is -6.34. The van der Waals surface area contributed by atoms with Gasteiger partial charge in [-0.25, -0.2) is 19.2 Å². The molecule has 0 radical (unpaired) electrons. The quantitative estimate of drug-likeness (QED) is 0.0628. The summed E-state index contributed by atoms with van der Waals surface area (Å²) in [5.74, 6) is -0.561. The highest BCUT2D eigenvalue weighted by Gasteiger charge is 2.31. The average molecular weight is 983 g/mol. The SMILES string of the molecule is COc1cccc(P(c2ccc(C(=O)OC(C)(C)C)cc2)c2ccc(C(=O)OC(C)(C)C)cc2)c1-c1c(OC)cccc1P(c1ccc(C(=O)OC(C)(C)C)cc1)c1ccc(C(=O)OC(C)(C)C)cc1. The molecule has 12 heteroatoms. The molecule has 0 amide bonds. The number of hydrogen-bond donors (Lipinski definition) is 0. The van der Waals surface area contributed by atoms with Crippen LogP contribution in [-0.2, 0) is 18.9 Å². The van der Waals surface area contributed by atoms with Crippen molar-refractivity contribution in [2.45, 2.75) is 105 Å². The molecule has 0 unspecified atom stereocenters. The number of hydrogen-bond acceptors (Lipinski definition) is 10. The van der Waals surface area contributed by atoms with Gasteiger partial charge >= 0.3 is 23.9 Å². The van der Waals surface area contributed by atoms with Gasteiger partial charge in [0.1, 0.15) is 33.9 Å². The molecule has 6 aromatic rings. The van der Waals surface area contributed by atoms with Gasteiger partial charge < -0.3 is 28.4 Å². The monoisotopic (exact) mass is 982 g/mol. The highest BCUT2D eigenvalue weighted by molar-refractivity contribution is 7.80. The second-order valence-corrected chi connectivity index (χ2v) is 24.9. The number of esters is 4. The average Bonchev–Trinajstić information content (AvgIpc) is 3.27. The van der Waals surface area contributed by atoms with Gasteiger partial charge in [0.05, 0.1) is 36.5 Å². The summed E-state index contributed by atoms with van der Waals surface area (Å²) in [6, 6.07) is 41.8. The number of carbonyl (C=O) groups excluding carboxylic acids is 4. The van der Waals surface area contributed by atoms with Crippen molar-refractivity contribution >= 4 is 71.5 Å². The van der Waals surface area contributed by atoms with Gasteiger partial charge in [0.25, 0.3) is 0 Å². The number of ether oxygens (including phenoxy) is 6. The molecule has 0 bridgehead atoms. The van der Waals surface area contributed by atoms with E-state index in [1.54, 1.807) is 62.8 Å². The summed E-state index contributed by atoms with van der Waals surface area (Å²) < 4.78 is 35.5. The van der Waals surface area contributed by atoms with Crippen LogP contribution < -0.4 is 41.3 Å². The third kappa shape index (κ3) is 13.5. The molecule has 10 nitrogen and oxygen atoms in total. The fourth-order valence-electron chi connectivity index (χ4n) is 7.44. The lowest BCUT2D eigenvalue weighted by atomic mass is 10.0. The van der Waals surface area contributed by atoms with E-state index in [0.717, 1.165) is 43.0 Å². The zero-order valence-corrected chi connectivity index (χ0v) is 44.5. The van der Waals surface area contributed by atoms with Gasteiger partial charge in [0.15, 0.2) is 0 Å². The van der Waals surface area contributed by atoms with Crippen LogP contribution in [0.2, 0.25) is 0 Å². The van der Waals surface area contributed by atoms with Gasteiger partial charge in [-0.3, -0.25) is 0 Å². The number of carbonyl (C=O) groups is 4. The Morgan fingerprint density at radius 2 is 0.543 bits per heavy atom. The predicted molar refractivity (Wildman–Crippen MR) is 283 cm³/mol. The summed E-state index contributed by atoms with van der Waals surface area (Å²) in [7, 11) is 0.337. The van der Waals surface area contributed by atoms with E-state index in [2.05, 4.69) is 12.1 Å². The van der Waals surface area contributed by atoms with Crippen molar-refractivity contribution < 1.29 is 47.6 Å². The van der Waals surface area contributed by atoms with E-state index in [1.165, 1.54) is 0 Å². The van der Waals surface area contributed by atoms with Crippen molar-refractivity contribution in [3.8, 4) is 22.6 Å². The molecule has 0 aliphatic rings. The van der Waals surface area contributed by atoms with Crippen molar-refractivity contribution in [2.75, 3.05) is 14.2 Å². The highest BCUT2D eigenvalue weighted by Crippen LogP contribution is 2.47. The Labute approximate surface area is 415 Å². The minimum absolute atomic E-state index is 0.410. The van der Waals surface area contributed by atoms with Gasteiger partial charge in [-0.05, 0) is 191 Å². The van der Waals surface area contributed by atoms with E-state index in [1.807, 2.05) is 156 Å². The van der Waals surface area contributed by atoms with Crippen LogP contribution in [0.1, 0.15) is 125 Å². The van der Waals surface area contributed by atoms with Gasteiger partial charge in [0.2, 0.25) is 0 Å². The Balaban J connectivity index is 1.62. The minimum atomic E-state index is -1.47. The molecule has 0 spiro atoms. The molecule has 0 aliphatic heterocycles. The van der Waals surface area contributed by atoms with Gasteiger partial charge in [0, 0.05) is 11.1 Å². The molecule has 0 aliphatic carbocycles. The Morgan fingerprint density at radius 3 is 0.729 bits per heavy atom. The zero-order valence-electron chi connectivity index (χ0n) is 42.7. The molecule has 0 fully saturated rings. The number of benzene rings is 6. The van der Waals surface area contributed by atoms with Gasteiger partial charge in [-0.1, -0.05) is 72.8 Å². The maximum absolute atomic E-state index is 13.3. The Morgan fingerprint density at radius 1 is 0.329 bits per heavy atom. The topological polar surface area (TPSA) is 124 Å². The first kappa shape index (κ1) is 53.0. The molecule has 0 N–H and O–H groups in total. The number of methoxy groups -OCH3 is 2. The first-order valence-electron chi connectivity index (χ1n) is 23.0. The third-order valence-electron chi connectivity index (χ3n) is 10.2. The Bertz CT molecular complexity index is 2490. The molecule has 6 aromatic carbocycles. The van der Waals surface area contributed by atoms with Crippen LogP contribution in [0, 0.1) is 0 Å². The van der Waals surface area contributed by atoms with E-state index in [0.29, 0.717) is 33.8 Å². The lowest BCUT2D eigenvalue weighted by molar-refractivity contribution is 0.00570. The Kier molecular flexibility index (Phi) is 16.2. The summed E-state index contributed by atoms with van der Waals surface area (Å²) in [6.07, 6.45) is 0. The smallest absolute Gasteiger partial charge is 0.338 e. The van der Waals surface area contributed by atoms with E-state index in [4.69, 9.17) is 28.4 Å². The van der Waals surface area contributed by atoms with Crippen LogP contribution in [0.25, 0.3) is 11.1 Å². The predicted octanol–water partition coefficient (Wildman–Crippen LogP) is 10.7. The fraction of sp³-hybridized carbons (Fsp3) is 0.310. The molecule has 0 heterocycles. The van der Waals surface area contributed by atoms with Gasteiger partial charge in [-0.15, -0.1) is 0 Å². The lowest BCUT2D eigenvalue weighted by Crippen LogP contribution is -2.28. The van der Waals surface area contributed by atoms with Crippen molar-refractivity contribution in [1.82, 2.24) is 0 Å². The van der Waals surface area contributed by atoms with Crippen LogP contribution in [0.5, 0.6) is 11.5 Å². The van der Waals surface area contributed by atoms with E-state index in [-0.39, 0.29) is 0 Å². The summed E-state index contributed by atoms with van der Waals surface area (Å²) >= 11 is 0. The standard InChI is InChI=1S/C58H64O10P2/c1-55(2,3)65-51(59)37-21-29-41(30-22-37)69(42-31-23-38(24-32-42)52(60)66-56(4,5)6)47-19-15-17-45(63-13)49(47)50-46(64-14)18-16-20-48(50)70(43-33-25-39(26-34-43)53(61)67-57(7,8)9)44-35-27-40(28-36-44)54(62)68-58(10,11)12/h15-36H,1-14H3. The van der Waals surface area contributed by atoms with Crippen molar-refractivity contribution in [3.05, 3.63) is 156 Å². The van der Waals surface area contributed by atoms with Crippen LogP contribution in [0.15, 0.2) is 133 Å². The van der Waals surface area contributed by atoms with Crippen molar-refractivity contribution in [1.29, 1.82) is 0 Å². The molecular weight excluding hydrogens is 919 g/mol. The maximum atomic E-state index is 13.3. The first-order chi connectivity index (χ1) is 32.8. The summed E-state index contributed by atoms with van der Waals surface area (Å²) in [6.45, 7) is 22.0. The molecular formula is C58H64O10P2. The molecule has 0 saturated heterocycles. The van der Waals surface area contributed by atoms with Crippen molar-refractivity contribution in [2.24, 2.45) is 0 Å². The molecule has 366 valence electrons. The highest BCUT2D eigenvalue weighted by atomic mass is 31.1. The maximum Gasteiger partial charge on any atom is 0.338 e. The van der Waals surface area contributed by atoms with Crippen molar-refractivity contribution in [3.63, 3.8) is 0 Å². The van der Waals surface area contributed by atoms with Crippen LogP contribution >= 0.6 is 15.8 Å². The second-order valence-electron chi connectivity index (χ2n) is 20.6. The second kappa shape index (κ2) is 21.3. The molecule has 70 heavy (non-hydrogen) atoms. The summed E-state index contributed by atoms with van der Waals surface area (Å²) in [4.78, 5) is 53.2. The fourth-order valence-corrected chi connectivity index (χ4v) is 12.3. The summed E-state index contributed by atoms with van der Waals surface area (Å²) in [5.41, 5.74) is 0.471. The van der Waals surface area contributed by atoms with Crippen LogP contribution in [0.3, 0.4) is 0 Å². The van der Waals surface area contributed by atoms with E-state index >= 15 is 0 Å². The summed E-state index contributed by atoms with van der Waals surface area (Å²) in [5, 5.41) is 5.47. The zero-order chi connectivity index (χ0) is 51.3. The minimum Gasteiger partial charge on any atom is -0.496 e. The van der Waals surface area contributed by atoms with E-state index < -0.39 is 62.1 Å². The van der Waals surface area contributed by atoms with Crippen LogP contribution in [0.4, 0.5) is 0 Å². The molecule has 0 aromatic heterocycles. The third-order valence-corrected chi connectivity index (χ3v) is 15.2. The first-order valence-corrected chi connectivity index (χ1v) is 25.7. The largest absolute Gasteiger partial charge is 0.496 e. The lowest BCUT2D eigenvalue weighted by Gasteiger charge is -2.29. The number of rotatable bonds is 13. The molecule has 0 atom stereocenters. The normalized spacial score (nSPS) is 12.1. The van der Waals surface area contributed by atoms with Crippen LogP contribution in [-0.4, -0.2) is 60.5 Å². The molecule has 0 saturated carbocycles. The molecule has 6 rings (SSSR count). The van der Waals surface area contributed by atoms with E-state index in [9.17, 15) is 19.2 Å².